The van der Waals surface area contributed by atoms with Crippen LogP contribution in [0.2, 0.25) is 0 Å². The summed E-state index contributed by atoms with van der Waals surface area (Å²) in [7, 11) is -12.8. The molecule has 0 aromatic heterocycles. The molecule has 0 N–H and O–H groups in total. The molecule has 1 nitrogen and oxygen atoms in total. The van der Waals surface area contributed by atoms with Crippen molar-refractivity contribution in [3.05, 3.63) is 127 Å². The summed E-state index contributed by atoms with van der Waals surface area (Å²) in [5, 5.41) is 3.70. The number of carbonyl (C=O) groups is 1. The first-order valence-electron chi connectivity index (χ1n) is 10.5. The van der Waals surface area contributed by atoms with Gasteiger partial charge in [-0.1, -0.05) is 84.9 Å². The molecule has 0 saturated heterocycles. The van der Waals surface area contributed by atoms with E-state index in [1.54, 1.807) is 0 Å². The molecule has 0 fully saturated rings. The minimum atomic E-state index is -10.7. The van der Waals surface area contributed by atoms with Crippen LogP contribution in [0, 0.1) is 0 Å². The summed E-state index contributed by atoms with van der Waals surface area (Å²) in [6.07, 6.45) is 0.481. The molecule has 0 spiro atoms. The summed E-state index contributed by atoms with van der Waals surface area (Å²) >= 11 is 0. The van der Waals surface area contributed by atoms with Gasteiger partial charge in [-0.2, -0.15) is 0 Å². The average Bonchev–Trinajstić information content (AvgIpc) is 2.83. The minimum Gasteiger partial charge on any atom is -0.290 e. The topological polar surface area (TPSA) is 17.1 Å². The average molecular weight is 526 g/mol. The van der Waals surface area contributed by atoms with E-state index < -0.39 is 15.1 Å². The van der Waals surface area contributed by atoms with Crippen molar-refractivity contribution in [2.24, 2.45) is 0 Å². The maximum Gasteiger partial charge on any atom is 0.201 e. The van der Waals surface area contributed by atoms with Gasteiger partial charge in [0.05, 0.1) is 0 Å². The number of Topliss-reactive ketones (excluding diaryl/α,β-unsaturated/α-hetero) is 1. The van der Waals surface area contributed by atoms with Crippen LogP contribution in [-0.4, -0.2) is 11.9 Å². The van der Waals surface area contributed by atoms with Crippen molar-refractivity contribution in [3.8, 4) is 0 Å². The normalized spacial score (nSPS) is 13.5. The van der Waals surface area contributed by atoms with Crippen LogP contribution in [0.1, 0.15) is 10.4 Å². The largest absolute Gasteiger partial charge is 0.290 e. The second-order valence-corrected chi connectivity index (χ2v) is 13.1. The molecular formula is C26H22F6OP2. The molecule has 0 unspecified atom stereocenters. The number of halogens is 6. The van der Waals surface area contributed by atoms with Crippen LogP contribution < -0.4 is 15.9 Å². The Kier molecular flexibility index (Phi) is 7.26. The van der Waals surface area contributed by atoms with Crippen LogP contribution in [0.15, 0.2) is 121 Å². The molecule has 0 aliphatic heterocycles. The molecule has 9 heteroatoms. The SMILES string of the molecule is F[P-](F)(F)(F)(F)F.O=C(C[P+](c1ccccc1)(c1ccccc1)c1ccccc1)c1ccccc1. The Bertz CT molecular complexity index is 1140. The summed E-state index contributed by atoms with van der Waals surface area (Å²) in [6.45, 7) is 0. The van der Waals surface area contributed by atoms with Crippen LogP contribution in [0.5, 0.6) is 0 Å². The smallest absolute Gasteiger partial charge is 0.201 e. The van der Waals surface area contributed by atoms with Gasteiger partial charge in [-0.25, -0.2) is 0 Å². The number of carbonyl (C=O) groups excluding carboxylic acids is 1. The number of ketones is 1. The van der Waals surface area contributed by atoms with Crippen molar-refractivity contribution < 1.29 is 30.0 Å². The molecule has 4 aromatic rings. The first-order valence-corrected chi connectivity index (χ1v) is 14.5. The van der Waals surface area contributed by atoms with Crippen LogP contribution in [0.3, 0.4) is 0 Å². The van der Waals surface area contributed by atoms with Gasteiger partial charge in [-0.3, -0.25) is 4.79 Å². The maximum atomic E-state index is 13.4. The van der Waals surface area contributed by atoms with Gasteiger partial charge in [0.15, 0.2) is 0 Å². The van der Waals surface area contributed by atoms with Gasteiger partial charge in [-0.05, 0) is 36.4 Å². The van der Waals surface area contributed by atoms with Gasteiger partial charge < -0.3 is 0 Å². The van der Waals surface area contributed by atoms with Crippen molar-refractivity contribution in [1.29, 1.82) is 0 Å². The summed E-state index contributed by atoms with van der Waals surface area (Å²) in [5.74, 6) is 0.186. The van der Waals surface area contributed by atoms with Gasteiger partial charge in [0, 0.05) is 5.56 Å². The van der Waals surface area contributed by atoms with E-state index >= 15 is 0 Å². The third-order valence-corrected chi connectivity index (χ3v) is 9.37. The summed E-state index contributed by atoms with van der Waals surface area (Å²) in [6, 6.07) is 41.2. The molecule has 0 radical (unpaired) electrons. The Morgan fingerprint density at radius 3 is 1.06 bits per heavy atom. The number of benzene rings is 4. The van der Waals surface area contributed by atoms with E-state index in [-0.39, 0.29) is 5.78 Å². The Labute approximate surface area is 200 Å². The van der Waals surface area contributed by atoms with E-state index in [4.69, 9.17) is 0 Å². The van der Waals surface area contributed by atoms with Gasteiger partial charge >= 0.3 is 33.0 Å². The summed E-state index contributed by atoms with van der Waals surface area (Å²) < 4.78 is 59.2. The molecule has 0 atom stereocenters. The number of hydrogen-bond acceptors (Lipinski definition) is 1. The van der Waals surface area contributed by atoms with Gasteiger partial charge in [0.25, 0.3) is 0 Å². The monoisotopic (exact) mass is 526 g/mol. The Morgan fingerprint density at radius 2 is 0.771 bits per heavy atom. The molecule has 0 aliphatic rings. The third-order valence-electron chi connectivity index (χ3n) is 5.07. The molecule has 0 amide bonds. The first kappa shape index (κ1) is 26.6. The van der Waals surface area contributed by atoms with Crippen LogP contribution >= 0.6 is 15.1 Å². The van der Waals surface area contributed by atoms with Gasteiger partial charge in [-0.15, -0.1) is 0 Å². The third kappa shape index (κ3) is 8.31. The van der Waals surface area contributed by atoms with E-state index in [0.29, 0.717) is 6.16 Å². The van der Waals surface area contributed by atoms with Crippen molar-refractivity contribution >= 4 is 36.8 Å². The second-order valence-electron chi connectivity index (χ2n) is 7.72. The fraction of sp³-hybridized carbons (Fsp3) is 0.0385. The number of hydrogen-bond donors (Lipinski definition) is 0. The van der Waals surface area contributed by atoms with Crippen LogP contribution in [0.25, 0.3) is 0 Å². The molecule has 4 rings (SSSR count). The zero-order valence-electron chi connectivity index (χ0n) is 18.3. The standard InChI is InChI=1S/C26H22OP.F6P/c27-26(22-13-5-1-6-14-22)21-28(23-15-7-2-8-16-23,24-17-9-3-10-18-24)25-19-11-4-12-20-25;1-7(2,3,4,5)6/h1-20H,21H2;/q+1;-1. The van der Waals surface area contributed by atoms with Gasteiger partial charge in [0.2, 0.25) is 5.78 Å². The van der Waals surface area contributed by atoms with Crippen molar-refractivity contribution in [3.63, 3.8) is 0 Å². The molecule has 0 saturated carbocycles. The quantitative estimate of drug-likeness (QED) is 0.141. The maximum absolute atomic E-state index is 13.4. The molecular weight excluding hydrogens is 504 g/mol. The van der Waals surface area contributed by atoms with Crippen molar-refractivity contribution in [1.82, 2.24) is 0 Å². The predicted molar refractivity (Wildman–Crippen MR) is 134 cm³/mol. The van der Waals surface area contributed by atoms with Crippen molar-refractivity contribution in [2.45, 2.75) is 0 Å². The first-order chi connectivity index (χ1) is 16.3. The van der Waals surface area contributed by atoms with Crippen LogP contribution in [0.4, 0.5) is 25.2 Å². The van der Waals surface area contributed by atoms with Crippen molar-refractivity contribution in [2.75, 3.05) is 6.16 Å². The molecule has 35 heavy (non-hydrogen) atoms. The fourth-order valence-electron chi connectivity index (χ4n) is 3.70. The number of rotatable bonds is 6. The van der Waals surface area contributed by atoms with E-state index in [9.17, 15) is 30.0 Å². The molecule has 0 aliphatic carbocycles. The fourth-order valence-corrected chi connectivity index (χ4v) is 7.80. The van der Waals surface area contributed by atoms with Crippen LogP contribution in [-0.2, 0) is 0 Å². The summed E-state index contributed by atoms with van der Waals surface area (Å²) in [4.78, 5) is 13.4. The van der Waals surface area contributed by atoms with E-state index in [0.717, 1.165) is 5.56 Å². The second kappa shape index (κ2) is 9.56. The Hall–Kier alpha value is -3.01. The van der Waals surface area contributed by atoms with E-state index in [1.165, 1.54) is 15.9 Å². The predicted octanol–water partition coefficient (Wildman–Crippen LogP) is 8.25. The molecule has 0 bridgehead atoms. The molecule has 4 aromatic carbocycles. The zero-order valence-corrected chi connectivity index (χ0v) is 20.1. The molecule has 0 heterocycles. The molecule has 184 valence electrons. The van der Waals surface area contributed by atoms with Gasteiger partial charge in [0.1, 0.15) is 29.3 Å². The zero-order chi connectivity index (χ0) is 25.6. The summed E-state index contributed by atoms with van der Waals surface area (Å²) in [5.41, 5.74) is 0.773. The Balaban J connectivity index is 0.000000429. The van der Waals surface area contributed by atoms with E-state index in [2.05, 4.69) is 72.8 Å². The van der Waals surface area contributed by atoms with E-state index in [1.807, 2.05) is 48.5 Å². The minimum absolute atomic E-state index is 0.186. The Morgan fingerprint density at radius 1 is 0.514 bits per heavy atom.